The Kier molecular flexibility index (Phi) is 7.23. The summed E-state index contributed by atoms with van der Waals surface area (Å²) < 4.78 is 16.9. The molecule has 0 spiro atoms. The minimum Gasteiger partial charge on any atom is -0.455 e. The van der Waals surface area contributed by atoms with E-state index < -0.39 is 35.9 Å². The standard InChI is InChI=1S/C26H29N3O7/c1-26(2,3)36-25(32)29-15-21(35-23(30)18-9-11-19(27-33)12-10-18)22-20(29)13-14-28(22)24(31)34-16-17-7-5-4-6-8-17/h4-12,20-22H,13-16H2,1-3H3/t20-,21+,22+/m1/s1. The normalized spacial score (nSPS) is 21.0. The first-order chi connectivity index (χ1) is 17.2. The van der Waals surface area contributed by atoms with Crippen molar-refractivity contribution in [3.8, 4) is 0 Å². The third-order valence-corrected chi connectivity index (χ3v) is 6.11. The van der Waals surface area contributed by atoms with E-state index in [-0.39, 0.29) is 30.4 Å². The van der Waals surface area contributed by atoms with Crippen LogP contribution in [0.5, 0.6) is 0 Å². The van der Waals surface area contributed by atoms with Gasteiger partial charge in [0.05, 0.1) is 24.2 Å². The van der Waals surface area contributed by atoms with Crippen LogP contribution >= 0.6 is 0 Å². The van der Waals surface area contributed by atoms with E-state index in [4.69, 9.17) is 14.2 Å². The second-order valence-electron chi connectivity index (χ2n) is 9.79. The molecule has 2 amide bonds. The Hall–Kier alpha value is -3.95. The van der Waals surface area contributed by atoms with E-state index in [9.17, 15) is 19.3 Å². The zero-order valence-electron chi connectivity index (χ0n) is 20.5. The van der Waals surface area contributed by atoms with Crippen molar-refractivity contribution >= 4 is 23.8 Å². The molecule has 4 rings (SSSR count). The van der Waals surface area contributed by atoms with E-state index in [1.54, 1.807) is 20.8 Å². The van der Waals surface area contributed by atoms with Crippen LogP contribution in [-0.4, -0.2) is 64.8 Å². The van der Waals surface area contributed by atoms with Crippen molar-refractivity contribution in [2.24, 2.45) is 5.18 Å². The molecule has 0 N–H and O–H groups in total. The summed E-state index contributed by atoms with van der Waals surface area (Å²) in [7, 11) is 0. The first-order valence-electron chi connectivity index (χ1n) is 11.8. The van der Waals surface area contributed by atoms with E-state index in [1.807, 2.05) is 30.3 Å². The van der Waals surface area contributed by atoms with Gasteiger partial charge in [0.2, 0.25) is 0 Å². The van der Waals surface area contributed by atoms with Gasteiger partial charge in [-0.3, -0.25) is 9.80 Å². The lowest BCUT2D eigenvalue weighted by Crippen LogP contribution is -2.46. The first-order valence-corrected chi connectivity index (χ1v) is 11.8. The highest BCUT2D eigenvalue weighted by molar-refractivity contribution is 5.90. The smallest absolute Gasteiger partial charge is 0.410 e. The Bertz CT molecular complexity index is 1110. The lowest BCUT2D eigenvalue weighted by molar-refractivity contribution is 0.00923. The number of nitroso groups, excluding NO2 is 1. The number of likely N-dealkylation sites (tertiary alicyclic amines) is 2. The minimum atomic E-state index is -0.786. The molecule has 0 aliphatic carbocycles. The number of hydrogen-bond donors (Lipinski definition) is 0. The number of carbonyl (C=O) groups excluding carboxylic acids is 3. The quantitative estimate of drug-likeness (QED) is 0.337. The number of nitrogens with zero attached hydrogens (tertiary/aromatic N) is 3. The fraction of sp³-hybridized carbons (Fsp3) is 0.423. The highest BCUT2D eigenvalue weighted by atomic mass is 16.6. The number of ether oxygens (including phenoxy) is 3. The number of amides is 2. The summed E-state index contributed by atoms with van der Waals surface area (Å²) in [5.74, 6) is -0.633. The van der Waals surface area contributed by atoms with Crippen molar-refractivity contribution in [3.05, 3.63) is 70.6 Å². The molecule has 2 aromatic carbocycles. The second kappa shape index (κ2) is 10.3. The predicted octanol–water partition coefficient (Wildman–Crippen LogP) is 4.64. The zero-order chi connectivity index (χ0) is 25.9. The molecule has 0 aromatic heterocycles. The molecule has 2 aliphatic rings. The molecule has 0 unspecified atom stereocenters. The Morgan fingerprint density at radius 1 is 0.972 bits per heavy atom. The van der Waals surface area contributed by atoms with Crippen molar-refractivity contribution in [3.63, 3.8) is 0 Å². The maximum atomic E-state index is 13.0. The minimum absolute atomic E-state index is 0.0758. The Labute approximate surface area is 209 Å². The van der Waals surface area contributed by atoms with Gasteiger partial charge in [0.25, 0.3) is 0 Å². The Morgan fingerprint density at radius 2 is 1.67 bits per heavy atom. The molecule has 10 heteroatoms. The molecule has 2 saturated heterocycles. The van der Waals surface area contributed by atoms with Crippen LogP contribution in [0.25, 0.3) is 0 Å². The molecule has 0 radical (unpaired) electrons. The third-order valence-electron chi connectivity index (χ3n) is 6.11. The summed E-state index contributed by atoms with van der Waals surface area (Å²) in [4.78, 5) is 52.6. The molecule has 0 saturated carbocycles. The summed E-state index contributed by atoms with van der Waals surface area (Å²) in [5, 5.41) is 2.83. The van der Waals surface area contributed by atoms with Crippen LogP contribution in [0.1, 0.15) is 43.1 Å². The van der Waals surface area contributed by atoms with Crippen LogP contribution in [0.2, 0.25) is 0 Å². The monoisotopic (exact) mass is 495 g/mol. The van der Waals surface area contributed by atoms with Crippen LogP contribution in [0.4, 0.5) is 15.3 Å². The lowest BCUT2D eigenvalue weighted by atomic mass is 10.1. The van der Waals surface area contributed by atoms with Gasteiger partial charge in [-0.05, 0) is 62.2 Å². The topological polar surface area (TPSA) is 115 Å². The number of carbonyl (C=O) groups is 3. The second-order valence-corrected chi connectivity index (χ2v) is 9.79. The molecule has 36 heavy (non-hydrogen) atoms. The fourth-order valence-electron chi connectivity index (χ4n) is 4.54. The van der Waals surface area contributed by atoms with Gasteiger partial charge in [0.15, 0.2) is 0 Å². The SMILES string of the molecule is CC(C)(C)OC(=O)N1C[C@H](OC(=O)c2ccc(N=O)cc2)[C@@H]2[C@H]1CCN2C(=O)OCc1ccccc1. The van der Waals surface area contributed by atoms with E-state index in [2.05, 4.69) is 5.18 Å². The molecule has 2 aromatic rings. The summed E-state index contributed by atoms with van der Waals surface area (Å²) >= 11 is 0. The van der Waals surface area contributed by atoms with Crippen LogP contribution in [-0.2, 0) is 20.8 Å². The van der Waals surface area contributed by atoms with Gasteiger partial charge in [-0.1, -0.05) is 30.3 Å². The first kappa shape index (κ1) is 25.2. The highest BCUT2D eigenvalue weighted by Crippen LogP contribution is 2.35. The molecule has 2 heterocycles. The molecule has 0 bridgehead atoms. The number of benzene rings is 2. The van der Waals surface area contributed by atoms with E-state index in [0.717, 1.165) is 5.56 Å². The van der Waals surface area contributed by atoms with Crippen molar-refractivity contribution in [1.29, 1.82) is 0 Å². The van der Waals surface area contributed by atoms with Gasteiger partial charge in [-0.2, -0.15) is 0 Å². The average molecular weight is 496 g/mol. The molecule has 190 valence electrons. The molecule has 2 aliphatic heterocycles. The Morgan fingerprint density at radius 3 is 2.31 bits per heavy atom. The predicted molar refractivity (Wildman–Crippen MR) is 130 cm³/mol. The molecule has 3 atom stereocenters. The molecular formula is C26H29N3O7. The maximum Gasteiger partial charge on any atom is 0.410 e. The van der Waals surface area contributed by atoms with E-state index >= 15 is 0 Å². The van der Waals surface area contributed by atoms with Crippen LogP contribution in [0.3, 0.4) is 0 Å². The van der Waals surface area contributed by atoms with Crippen molar-refractivity contribution in [1.82, 2.24) is 9.80 Å². The third kappa shape index (κ3) is 5.64. The maximum absolute atomic E-state index is 13.0. The molecular weight excluding hydrogens is 466 g/mol. The van der Waals surface area contributed by atoms with Crippen LogP contribution < -0.4 is 0 Å². The number of rotatable bonds is 5. The van der Waals surface area contributed by atoms with Gasteiger partial charge in [0.1, 0.15) is 24.0 Å². The highest BCUT2D eigenvalue weighted by Gasteiger charge is 2.54. The number of esters is 1. The van der Waals surface area contributed by atoms with E-state index in [0.29, 0.717) is 13.0 Å². The van der Waals surface area contributed by atoms with Gasteiger partial charge < -0.3 is 14.2 Å². The fourth-order valence-corrected chi connectivity index (χ4v) is 4.54. The number of hydrogen-bond acceptors (Lipinski definition) is 8. The Balaban J connectivity index is 1.52. The van der Waals surface area contributed by atoms with Gasteiger partial charge in [0, 0.05) is 6.54 Å². The zero-order valence-corrected chi connectivity index (χ0v) is 20.5. The van der Waals surface area contributed by atoms with Crippen molar-refractivity contribution in [2.45, 2.75) is 57.6 Å². The van der Waals surface area contributed by atoms with Gasteiger partial charge >= 0.3 is 18.2 Å². The van der Waals surface area contributed by atoms with Crippen LogP contribution in [0.15, 0.2) is 59.8 Å². The summed E-state index contributed by atoms with van der Waals surface area (Å²) in [5.41, 5.74) is 0.556. The molecule has 2 fully saturated rings. The summed E-state index contributed by atoms with van der Waals surface area (Å²) in [6, 6.07) is 14.1. The van der Waals surface area contributed by atoms with Crippen LogP contribution in [0, 0.1) is 4.91 Å². The van der Waals surface area contributed by atoms with Gasteiger partial charge in [-0.25, -0.2) is 14.4 Å². The molecule has 10 nitrogen and oxygen atoms in total. The van der Waals surface area contributed by atoms with Crippen molar-refractivity contribution in [2.75, 3.05) is 13.1 Å². The lowest BCUT2D eigenvalue weighted by Gasteiger charge is -2.28. The van der Waals surface area contributed by atoms with E-state index in [1.165, 1.54) is 34.1 Å². The summed E-state index contributed by atoms with van der Waals surface area (Å²) in [6.45, 7) is 5.84. The number of fused-ring (bicyclic) bond motifs is 1. The largest absolute Gasteiger partial charge is 0.455 e. The van der Waals surface area contributed by atoms with Gasteiger partial charge in [-0.15, -0.1) is 4.91 Å². The van der Waals surface area contributed by atoms with Crippen molar-refractivity contribution < 1.29 is 28.6 Å². The summed E-state index contributed by atoms with van der Waals surface area (Å²) in [6.07, 6.45) is -1.36. The average Bonchev–Trinajstić information content (AvgIpc) is 3.43.